The number of methoxy groups -OCH3 is 1. The molecule has 162 valence electrons. The molecule has 1 heterocycles. The summed E-state index contributed by atoms with van der Waals surface area (Å²) in [5.74, 6) is 0.0142. The Labute approximate surface area is 194 Å². The van der Waals surface area contributed by atoms with E-state index in [0.29, 0.717) is 29.4 Å². The van der Waals surface area contributed by atoms with Gasteiger partial charge in [-0.1, -0.05) is 64.0 Å². The van der Waals surface area contributed by atoms with E-state index in [4.69, 9.17) is 9.47 Å². The Morgan fingerprint density at radius 1 is 1.03 bits per heavy atom. The van der Waals surface area contributed by atoms with Crippen LogP contribution in [0.4, 0.5) is 5.69 Å². The van der Waals surface area contributed by atoms with Crippen LogP contribution in [0, 0.1) is 6.92 Å². The van der Waals surface area contributed by atoms with Gasteiger partial charge in [0.1, 0.15) is 12.2 Å². The first-order chi connectivity index (χ1) is 15.5. The highest BCUT2D eigenvalue weighted by Gasteiger charge is 2.34. The third-order valence-corrected chi connectivity index (χ3v) is 5.40. The number of hydrazine groups is 1. The van der Waals surface area contributed by atoms with E-state index in [1.165, 1.54) is 11.1 Å². The zero-order valence-electron chi connectivity index (χ0n) is 17.6. The molecule has 0 saturated carbocycles. The number of hydrogen-bond acceptors (Lipinski definition) is 4. The lowest BCUT2D eigenvalue weighted by Gasteiger charge is -2.15. The number of rotatable bonds is 6. The maximum Gasteiger partial charge on any atom is 0.282 e. The third-order valence-electron chi connectivity index (χ3n) is 4.94. The molecule has 6 nitrogen and oxygen atoms in total. The number of aryl methyl sites for hydroxylation is 1. The van der Waals surface area contributed by atoms with Gasteiger partial charge in [-0.25, -0.2) is 5.01 Å². The van der Waals surface area contributed by atoms with Crippen LogP contribution in [-0.4, -0.2) is 18.9 Å². The van der Waals surface area contributed by atoms with E-state index in [9.17, 15) is 9.59 Å². The lowest BCUT2D eigenvalue weighted by molar-refractivity contribution is -0.117. The summed E-state index contributed by atoms with van der Waals surface area (Å²) < 4.78 is 12.3. The van der Waals surface area contributed by atoms with Crippen molar-refractivity contribution < 1.29 is 19.1 Å². The van der Waals surface area contributed by atoms with Crippen LogP contribution in [0.3, 0.4) is 0 Å². The van der Waals surface area contributed by atoms with Gasteiger partial charge in [0.05, 0.1) is 12.8 Å². The Bertz CT molecular complexity index is 1210. The average molecular weight is 493 g/mol. The molecule has 1 fully saturated rings. The molecule has 3 aromatic rings. The zero-order valence-corrected chi connectivity index (χ0v) is 19.2. The molecule has 0 atom stereocenters. The van der Waals surface area contributed by atoms with Gasteiger partial charge in [0.2, 0.25) is 0 Å². The number of amides is 2. The normalized spacial score (nSPS) is 14.6. The smallest absolute Gasteiger partial charge is 0.282 e. The highest BCUT2D eigenvalue weighted by atomic mass is 79.9. The van der Waals surface area contributed by atoms with Gasteiger partial charge in [-0.15, -0.1) is 0 Å². The van der Waals surface area contributed by atoms with Crippen LogP contribution in [0.2, 0.25) is 0 Å². The number of carbonyl (C=O) groups is 2. The summed E-state index contributed by atoms with van der Waals surface area (Å²) in [6, 6.07) is 20.5. The number of ether oxygens (including phenoxy) is 2. The van der Waals surface area contributed by atoms with Crippen molar-refractivity contribution in [1.29, 1.82) is 0 Å². The first-order valence-electron chi connectivity index (χ1n) is 9.94. The number of anilines is 1. The van der Waals surface area contributed by atoms with Gasteiger partial charge in [-0.2, -0.15) is 0 Å². The second-order valence-electron chi connectivity index (χ2n) is 7.28. The number of halogens is 1. The number of carbonyl (C=O) groups excluding carboxylic acids is 2. The zero-order chi connectivity index (χ0) is 22.7. The summed E-state index contributed by atoms with van der Waals surface area (Å²) in [5, 5.41) is 1.23. The van der Waals surface area contributed by atoms with Gasteiger partial charge in [0, 0.05) is 10.0 Å². The lowest BCUT2D eigenvalue weighted by atomic mass is 10.1. The molecule has 3 aromatic carbocycles. The number of nitrogens with one attached hydrogen (secondary N) is 1. The second-order valence-corrected chi connectivity index (χ2v) is 8.19. The molecule has 0 radical (unpaired) electrons. The van der Waals surface area contributed by atoms with E-state index >= 15 is 0 Å². The molecule has 1 saturated heterocycles. The maximum absolute atomic E-state index is 13.0. The summed E-state index contributed by atoms with van der Waals surface area (Å²) in [5.41, 5.74) is 5.88. The number of nitrogens with zero attached hydrogens (tertiary/aromatic N) is 1. The van der Waals surface area contributed by atoms with E-state index in [1.54, 1.807) is 43.5 Å². The number of hydrogen-bond donors (Lipinski definition) is 1. The molecular weight excluding hydrogens is 472 g/mol. The predicted octanol–water partition coefficient (Wildman–Crippen LogP) is 4.81. The largest absolute Gasteiger partial charge is 0.493 e. The Balaban J connectivity index is 1.69. The molecule has 4 rings (SSSR count). The van der Waals surface area contributed by atoms with Crippen LogP contribution >= 0.6 is 15.9 Å². The topological polar surface area (TPSA) is 67.9 Å². The molecule has 0 bridgehead atoms. The number of para-hydroxylation sites is 1. The first kappa shape index (κ1) is 21.6. The van der Waals surface area contributed by atoms with Crippen LogP contribution < -0.4 is 19.9 Å². The van der Waals surface area contributed by atoms with E-state index in [1.807, 2.05) is 37.3 Å². The van der Waals surface area contributed by atoms with E-state index in [2.05, 4.69) is 21.4 Å². The van der Waals surface area contributed by atoms with Gasteiger partial charge in [0.25, 0.3) is 11.8 Å². The molecule has 2 amide bonds. The highest BCUT2D eigenvalue weighted by Crippen LogP contribution is 2.37. The van der Waals surface area contributed by atoms with E-state index in [-0.39, 0.29) is 5.57 Å². The van der Waals surface area contributed by atoms with Crippen LogP contribution in [0.15, 0.2) is 76.8 Å². The second kappa shape index (κ2) is 9.28. The van der Waals surface area contributed by atoms with Crippen molar-refractivity contribution in [3.05, 3.63) is 93.5 Å². The Hall–Kier alpha value is -3.58. The first-order valence-corrected chi connectivity index (χ1v) is 10.7. The summed E-state index contributed by atoms with van der Waals surface area (Å²) in [6.07, 6.45) is 1.53. The highest BCUT2D eigenvalue weighted by molar-refractivity contribution is 9.10. The Morgan fingerprint density at radius 2 is 1.81 bits per heavy atom. The lowest BCUT2D eigenvalue weighted by Crippen LogP contribution is -2.35. The van der Waals surface area contributed by atoms with Gasteiger partial charge >= 0.3 is 0 Å². The minimum absolute atomic E-state index is 0.00871. The number of benzene rings is 3. The SMILES string of the molecule is COc1cc(Br)cc(/C=C2/C(=O)NN(c3ccccc3)C2=O)c1OCc1cccc(C)c1. The molecule has 7 heteroatoms. The molecule has 0 aromatic heterocycles. The summed E-state index contributed by atoms with van der Waals surface area (Å²) in [4.78, 5) is 25.6. The van der Waals surface area contributed by atoms with Crippen molar-refractivity contribution in [2.75, 3.05) is 12.1 Å². The van der Waals surface area contributed by atoms with Gasteiger partial charge in [-0.05, 0) is 42.8 Å². The summed E-state index contributed by atoms with van der Waals surface area (Å²) in [7, 11) is 1.54. The van der Waals surface area contributed by atoms with Gasteiger partial charge in [0.15, 0.2) is 11.5 Å². The molecular formula is C25H21BrN2O4. The third kappa shape index (κ3) is 4.53. The maximum atomic E-state index is 13.0. The quantitative estimate of drug-likeness (QED) is 0.396. The molecule has 1 aliphatic heterocycles. The van der Waals surface area contributed by atoms with E-state index < -0.39 is 11.8 Å². The standard InChI is InChI=1S/C25H21BrN2O4/c1-16-7-6-8-17(11-16)15-32-23-18(12-19(26)14-22(23)31-2)13-21-24(29)27-28(25(21)30)20-9-4-3-5-10-20/h3-14H,15H2,1-2H3,(H,27,29)/b21-13-. The molecule has 1 aliphatic rings. The Kier molecular flexibility index (Phi) is 6.28. The fourth-order valence-electron chi connectivity index (χ4n) is 3.43. The fraction of sp³-hybridized carbons (Fsp3) is 0.120. The van der Waals surface area contributed by atoms with Crippen molar-refractivity contribution >= 4 is 39.5 Å². The van der Waals surface area contributed by atoms with Crippen molar-refractivity contribution in [2.45, 2.75) is 13.5 Å². The molecule has 0 aliphatic carbocycles. The fourth-order valence-corrected chi connectivity index (χ4v) is 3.89. The minimum Gasteiger partial charge on any atom is -0.493 e. The van der Waals surface area contributed by atoms with Crippen LogP contribution in [-0.2, 0) is 16.2 Å². The molecule has 32 heavy (non-hydrogen) atoms. The average Bonchev–Trinajstić information content (AvgIpc) is 3.07. The van der Waals surface area contributed by atoms with E-state index in [0.717, 1.165) is 15.6 Å². The van der Waals surface area contributed by atoms with Crippen molar-refractivity contribution in [1.82, 2.24) is 5.43 Å². The van der Waals surface area contributed by atoms with Crippen LogP contribution in [0.1, 0.15) is 16.7 Å². The van der Waals surface area contributed by atoms with Crippen LogP contribution in [0.5, 0.6) is 11.5 Å². The van der Waals surface area contributed by atoms with Gasteiger partial charge in [-0.3, -0.25) is 15.0 Å². The van der Waals surface area contributed by atoms with Gasteiger partial charge < -0.3 is 9.47 Å². The predicted molar refractivity (Wildman–Crippen MR) is 126 cm³/mol. The minimum atomic E-state index is -0.484. The molecule has 0 spiro atoms. The monoisotopic (exact) mass is 492 g/mol. The Morgan fingerprint density at radius 3 is 2.53 bits per heavy atom. The molecule has 0 unspecified atom stereocenters. The van der Waals surface area contributed by atoms with Crippen molar-refractivity contribution in [3.8, 4) is 11.5 Å². The summed E-state index contributed by atoms with van der Waals surface area (Å²) >= 11 is 3.46. The van der Waals surface area contributed by atoms with Crippen LogP contribution in [0.25, 0.3) is 6.08 Å². The van der Waals surface area contributed by atoms with Crippen molar-refractivity contribution in [2.24, 2.45) is 0 Å². The summed E-state index contributed by atoms with van der Waals surface area (Å²) in [6.45, 7) is 2.33. The van der Waals surface area contributed by atoms with Crippen molar-refractivity contribution in [3.63, 3.8) is 0 Å². The molecule has 1 N–H and O–H groups in total.